The number of rotatable bonds is 6. The summed E-state index contributed by atoms with van der Waals surface area (Å²) >= 11 is 0. The van der Waals surface area contributed by atoms with Crippen LogP contribution in [0.4, 0.5) is 0 Å². The standard InChI is InChI=1S/2C18H15P.C8H12.Pt/c2*1-4-10-16(11-5-1)19(17-12-6-2-7-13-17)18-14-8-3-9-15-18;1-2-4-6-8-7-5-3-1;/h2*1-15H;1-4H,5-8H2;. The van der Waals surface area contributed by atoms with Crippen molar-refractivity contribution in [1.82, 2.24) is 0 Å². The first kappa shape index (κ1) is 36.2. The van der Waals surface area contributed by atoms with Crippen LogP contribution >= 0.6 is 15.8 Å². The molecule has 7 rings (SSSR count). The van der Waals surface area contributed by atoms with E-state index >= 15 is 0 Å². The Bertz CT molecular complexity index is 1390. The molecule has 0 aromatic heterocycles. The number of allylic oxidation sites excluding steroid dienone is 4. The minimum absolute atomic E-state index is 0. The fourth-order valence-electron chi connectivity index (χ4n) is 5.23. The second kappa shape index (κ2) is 21.3. The molecular formula is C44H42P2Pt. The molecule has 6 aromatic carbocycles. The van der Waals surface area contributed by atoms with Gasteiger partial charge in [0.1, 0.15) is 0 Å². The van der Waals surface area contributed by atoms with Gasteiger partial charge in [0.05, 0.1) is 0 Å². The summed E-state index contributed by atoms with van der Waals surface area (Å²) in [5.74, 6) is 0. The predicted molar refractivity (Wildman–Crippen MR) is 207 cm³/mol. The van der Waals surface area contributed by atoms with Gasteiger partial charge in [0.2, 0.25) is 0 Å². The molecule has 238 valence electrons. The van der Waals surface area contributed by atoms with Gasteiger partial charge >= 0.3 is 0 Å². The topological polar surface area (TPSA) is 0 Å². The second-order valence-corrected chi connectivity index (χ2v) is 15.3. The maximum Gasteiger partial charge on any atom is 0 e. The molecule has 0 fully saturated rings. The van der Waals surface area contributed by atoms with Crippen LogP contribution in [0, 0.1) is 0 Å². The fraction of sp³-hybridized carbons (Fsp3) is 0.0909. The summed E-state index contributed by atoms with van der Waals surface area (Å²) in [6.45, 7) is 0. The van der Waals surface area contributed by atoms with E-state index in [0.717, 1.165) is 0 Å². The van der Waals surface area contributed by atoms with Crippen LogP contribution in [0.5, 0.6) is 0 Å². The van der Waals surface area contributed by atoms with Gasteiger partial charge in [-0.05, 0) is 73.4 Å². The van der Waals surface area contributed by atoms with Crippen LogP contribution in [0.25, 0.3) is 0 Å². The van der Waals surface area contributed by atoms with Gasteiger partial charge in [-0.3, -0.25) is 0 Å². The number of hydrogen-bond donors (Lipinski definition) is 0. The van der Waals surface area contributed by atoms with Crippen molar-refractivity contribution < 1.29 is 21.1 Å². The third-order valence-corrected chi connectivity index (χ3v) is 12.3. The maximum atomic E-state index is 2.23. The summed E-state index contributed by atoms with van der Waals surface area (Å²) in [4.78, 5) is 0. The molecule has 3 heteroatoms. The molecule has 0 saturated carbocycles. The van der Waals surface area contributed by atoms with Crippen molar-refractivity contribution in [3.63, 3.8) is 0 Å². The minimum atomic E-state index is -0.446. The van der Waals surface area contributed by atoms with Crippen LogP contribution < -0.4 is 31.8 Å². The SMILES string of the molecule is C1=CCCCCC=C1.[Pt].c1ccc(P(c2ccccc2)c2ccccc2)cc1.c1ccc(P(c2ccccc2)c2ccccc2)cc1. The Kier molecular flexibility index (Phi) is 16.4. The minimum Gasteiger partial charge on any atom is -0.0845 e. The Balaban J connectivity index is 0.000000171. The molecule has 6 aromatic rings. The normalized spacial score (nSPS) is 12.0. The van der Waals surface area contributed by atoms with Crippen molar-refractivity contribution in [1.29, 1.82) is 0 Å². The third-order valence-electron chi connectivity index (χ3n) is 7.46. The van der Waals surface area contributed by atoms with Crippen molar-refractivity contribution >= 4 is 47.7 Å². The van der Waals surface area contributed by atoms with Crippen LogP contribution in [0.2, 0.25) is 0 Å². The summed E-state index contributed by atoms with van der Waals surface area (Å²) in [5.41, 5.74) is 0. The smallest absolute Gasteiger partial charge is 0 e. The van der Waals surface area contributed by atoms with Crippen LogP contribution in [0.3, 0.4) is 0 Å². The zero-order valence-corrected chi connectivity index (χ0v) is 30.7. The van der Waals surface area contributed by atoms with Crippen LogP contribution in [-0.4, -0.2) is 0 Å². The molecule has 0 radical (unpaired) electrons. The number of benzene rings is 6. The maximum absolute atomic E-state index is 2.23. The molecule has 0 heterocycles. The molecule has 0 saturated heterocycles. The van der Waals surface area contributed by atoms with E-state index in [2.05, 4.69) is 206 Å². The molecule has 0 amide bonds. The fourth-order valence-corrected chi connectivity index (χ4v) is 9.84. The van der Waals surface area contributed by atoms with Crippen LogP contribution in [0.1, 0.15) is 25.7 Å². The predicted octanol–water partition coefficient (Wildman–Crippen LogP) is 9.56. The monoisotopic (exact) mass is 827 g/mol. The Labute approximate surface area is 299 Å². The zero-order valence-electron chi connectivity index (χ0n) is 26.7. The van der Waals surface area contributed by atoms with E-state index in [1.165, 1.54) is 57.5 Å². The number of hydrogen-bond acceptors (Lipinski definition) is 0. The van der Waals surface area contributed by atoms with Gasteiger partial charge < -0.3 is 0 Å². The molecule has 0 atom stereocenters. The molecule has 0 unspecified atom stereocenters. The third kappa shape index (κ3) is 11.8. The van der Waals surface area contributed by atoms with Gasteiger partial charge in [0.15, 0.2) is 0 Å². The molecule has 0 aliphatic heterocycles. The van der Waals surface area contributed by atoms with Gasteiger partial charge in [0.25, 0.3) is 0 Å². The molecule has 47 heavy (non-hydrogen) atoms. The van der Waals surface area contributed by atoms with Gasteiger partial charge in [-0.25, -0.2) is 0 Å². The van der Waals surface area contributed by atoms with Crippen LogP contribution in [-0.2, 0) is 21.1 Å². The second-order valence-electron chi connectivity index (χ2n) is 10.8. The molecular weight excluding hydrogens is 786 g/mol. The van der Waals surface area contributed by atoms with E-state index in [1.807, 2.05) is 0 Å². The molecule has 0 bridgehead atoms. The molecule has 1 aliphatic rings. The Hall–Kier alpha value is -3.65. The van der Waals surface area contributed by atoms with Gasteiger partial charge in [0, 0.05) is 21.1 Å². The van der Waals surface area contributed by atoms with Crippen molar-refractivity contribution in [2.45, 2.75) is 25.7 Å². The molecule has 0 nitrogen and oxygen atoms in total. The van der Waals surface area contributed by atoms with Crippen molar-refractivity contribution in [2.75, 3.05) is 0 Å². The molecule has 0 N–H and O–H groups in total. The average Bonchev–Trinajstić information content (AvgIpc) is 3.12. The first-order chi connectivity index (χ1) is 22.9. The summed E-state index contributed by atoms with van der Waals surface area (Å²) in [7, 11) is -0.892. The Morgan fingerprint density at radius 2 is 0.468 bits per heavy atom. The van der Waals surface area contributed by atoms with Crippen molar-refractivity contribution in [2.24, 2.45) is 0 Å². The van der Waals surface area contributed by atoms with Crippen molar-refractivity contribution in [3.05, 3.63) is 206 Å². The summed E-state index contributed by atoms with van der Waals surface area (Å²) in [5, 5.41) is 8.39. The Morgan fingerprint density at radius 3 is 0.660 bits per heavy atom. The van der Waals surface area contributed by atoms with Gasteiger partial charge in [-0.15, -0.1) is 0 Å². The first-order valence-corrected chi connectivity index (χ1v) is 18.8. The summed E-state index contributed by atoms with van der Waals surface area (Å²) < 4.78 is 0. The van der Waals surface area contributed by atoms with E-state index in [0.29, 0.717) is 0 Å². The molecule has 1 aliphatic carbocycles. The largest absolute Gasteiger partial charge is 0.0845 e. The van der Waals surface area contributed by atoms with E-state index in [1.54, 1.807) is 0 Å². The quantitative estimate of drug-likeness (QED) is 0.147. The molecule has 0 spiro atoms. The summed E-state index contributed by atoms with van der Waals surface area (Å²) in [6.07, 6.45) is 14.0. The van der Waals surface area contributed by atoms with Gasteiger partial charge in [-0.1, -0.05) is 206 Å². The van der Waals surface area contributed by atoms with E-state index < -0.39 is 15.8 Å². The zero-order chi connectivity index (χ0) is 31.5. The average molecular weight is 828 g/mol. The first-order valence-electron chi connectivity index (χ1n) is 16.1. The Morgan fingerprint density at radius 1 is 0.277 bits per heavy atom. The summed E-state index contributed by atoms with van der Waals surface area (Å²) in [6, 6.07) is 64.7. The van der Waals surface area contributed by atoms with Crippen molar-refractivity contribution in [3.8, 4) is 0 Å². The van der Waals surface area contributed by atoms with E-state index in [4.69, 9.17) is 0 Å². The van der Waals surface area contributed by atoms with Crippen LogP contribution in [0.15, 0.2) is 206 Å². The van der Waals surface area contributed by atoms with Gasteiger partial charge in [-0.2, -0.15) is 0 Å². The van der Waals surface area contributed by atoms with E-state index in [9.17, 15) is 0 Å². The van der Waals surface area contributed by atoms with E-state index in [-0.39, 0.29) is 21.1 Å².